The number of nitrogens with zero attached hydrogens (tertiary/aromatic N) is 5. The van der Waals surface area contributed by atoms with Crippen molar-refractivity contribution >= 4 is 23.0 Å². The quantitative estimate of drug-likeness (QED) is 0.477. The van der Waals surface area contributed by atoms with E-state index in [-0.39, 0.29) is 24.0 Å². The highest BCUT2D eigenvalue weighted by Gasteiger charge is 2.29. The number of primary amides is 1. The lowest BCUT2D eigenvalue weighted by Gasteiger charge is -2.17. The van der Waals surface area contributed by atoms with Crippen LogP contribution in [0.1, 0.15) is 19.3 Å². The molecule has 2 atom stereocenters. The van der Waals surface area contributed by atoms with E-state index in [2.05, 4.69) is 25.6 Å². The third kappa shape index (κ3) is 4.94. The number of anilines is 1. The van der Waals surface area contributed by atoms with Gasteiger partial charge >= 0.3 is 0 Å². The summed E-state index contributed by atoms with van der Waals surface area (Å²) in [5.41, 5.74) is 7.37. The summed E-state index contributed by atoms with van der Waals surface area (Å²) in [6.07, 6.45) is 3.74. The first-order chi connectivity index (χ1) is 15.6. The zero-order valence-electron chi connectivity index (χ0n) is 18.1. The molecule has 3 aromatic rings. The van der Waals surface area contributed by atoms with Crippen molar-refractivity contribution in [1.29, 1.82) is 0 Å². The fourth-order valence-corrected chi connectivity index (χ4v) is 3.87. The number of fused-ring (bicyclic) bond motifs is 1. The fraction of sp³-hybridized carbons (Fsp3) is 0.476. The number of benzene rings is 1. The molecule has 1 saturated carbocycles. The van der Waals surface area contributed by atoms with Gasteiger partial charge < -0.3 is 25.3 Å². The Morgan fingerprint density at radius 1 is 1.22 bits per heavy atom. The van der Waals surface area contributed by atoms with Crippen LogP contribution in [0.4, 0.5) is 5.95 Å². The second-order valence-electron chi connectivity index (χ2n) is 7.80. The molecule has 0 spiro atoms. The van der Waals surface area contributed by atoms with Gasteiger partial charge in [0.2, 0.25) is 11.9 Å². The summed E-state index contributed by atoms with van der Waals surface area (Å²) in [6, 6.07) is 7.57. The predicted octanol–water partition coefficient (Wildman–Crippen LogP) is 1.32. The molecule has 2 heterocycles. The first kappa shape index (κ1) is 21.9. The van der Waals surface area contributed by atoms with Gasteiger partial charge in [-0.25, -0.2) is 4.98 Å². The van der Waals surface area contributed by atoms with E-state index >= 15 is 0 Å². The van der Waals surface area contributed by atoms with Crippen molar-refractivity contribution in [1.82, 2.24) is 25.0 Å². The van der Waals surface area contributed by atoms with Gasteiger partial charge in [0, 0.05) is 26.2 Å². The maximum atomic E-state index is 11.4. The summed E-state index contributed by atoms with van der Waals surface area (Å²) < 4.78 is 17.9. The highest BCUT2D eigenvalue weighted by molar-refractivity contribution is 5.77. The number of nitrogens with one attached hydrogen (secondary N) is 1. The highest BCUT2D eigenvalue weighted by atomic mass is 16.6. The van der Waals surface area contributed by atoms with E-state index in [1.165, 1.54) is 0 Å². The Bertz CT molecular complexity index is 1050. The van der Waals surface area contributed by atoms with Crippen LogP contribution in [-0.4, -0.2) is 70.4 Å². The summed E-state index contributed by atoms with van der Waals surface area (Å²) >= 11 is 0. The molecular weight excluding hydrogens is 414 g/mol. The number of carbonyl (C=O) groups is 1. The number of nitrogens with two attached hydrogens (primary N) is 1. The number of amides is 1. The molecule has 11 heteroatoms. The number of aromatic nitrogens is 5. The first-order valence-corrected chi connectivity index (χ1v) is 10.5. The standard InChI is InChI=1S/C21H27N7O4/c1-30-11-17(12-31-2)32-16-7-5-15(6-8-16)28-20-18(26-27-28)10-23-21(25-20)24-14-4-3-13(9-14)19(22)29/h5-8,10,13-14,17H,3-4,9,11-12H2,1-2H3,(H2,22,29)(H,23,24,25). The third-order valence-corrected chi connectivity index (χ3v) is 5.45. The summed E-state index contributed by atoms with van der Waals surface area (Å²) in [7, 11) is 3.25. The molecule has 0 saturated heterocycles. The Labute approximate surface area is 185 Å². The Balaban J connectivity index is 1.49. The average molecular weight is 441 g/mol. The molecule has 4 rings (SSSR count). The molecule has 1 amide bonds. The molecule has 1 aromatic carbocycles. The second-order valence-corrected chi connectivity index (χ2v) is 7.80. The van der Waals surface area contributed by atoms with Crippen LogP contribution in [0, 0.1) is 5.92 Å². The van der Waals surface area contributed by atoms with E-state index in [1.807, 2.05) is 24.3 Å². The smallest absolute Gasteiger partial charge is 0.225 e. The lowest BCUT2D eigenvalue weighted by Crippen LogP contribution is -2.27. The Morgan fingerprint density at radius 3 is 2.62 bits per heavy atom. The number of hydrogen-bond acceptors (Lipinski definition) is 9. The van der Waals surface area contributed by atoms with E-state index in [1.54, 1.807) is 25.1 Å². The second kappa shape index (κ2) is 9.88. The third-order valence-electron chi connectivity index (χ3n) is 5.45. The molecule has 3 N–H and O–H groups in total. The van der Waals surface area contributed by atoms with Crippen molar-refractivity contribution < 1.29 is 19.0 Å². The van der Waals surface area contributed by atoms with Gasteiger partial charge in [-0.05, 0) is 43.5 Å². The van der Waals surface area contributed by atoms with Gasteiger partial charge in [0.15, 0.2) is 11.2 Å². The zero-order valence-corrected chi connectivity index (χ0v) is 18.1. The van der Waals surface area contributed by atoms with Gasteiger partial charge in [-0.2, -0.15) is 9.67 Å². The minimum Gasteiger partial charge on any atom is -0.486 e. The van der Waals surface area contributed by atoms with Crippen LogP contribution in [0.25, 0.3) is 16.9 Å². The minimum atomic E-state index is -0.254. The molecule has 170 valence electrons. The highest BCUT2D eigenvalue weighted by Crippen LogP contribution is 2.27. The SMILES string of the molecule is COCC(COC)Oc1ccc(-n2nnc3cnc(NC4CCC(C(N)=O)C4)nc32)cc1. The number of rotatable bonds is 10. The normalized spacial score (nSPS) is 18.3. The van der Waals surface area contributed by atoms with Gasteiger partial charge in [0.1, 0.15) is 11.9 Å². The van der Waals surface area contributed by atoms with Gasteiger partial charge in [0.05, 0.1) is 25.1 Å². The van der Waals surface area contributed by atoms with E-state index in [0.717, 1.165) is 18.5 Å². The molecule has 2 unspecified atom stereocenters. The summed E-state index contributed by atoms with van der Waals surface area (Å²) in [4.78, 5) is 20.3. The molecule has 1 fully saturated rings. The minimum absolute atomic E-state index is 0.100. The molecule has 32 heavy (non-hydrogen) atoms. The van der Waals surface area contributed by atoms with Crippen LogP contribution in [0.3, 0.4) is 0 Å². The Morgan fingerprint density at radius 2 is 1.97 bits per heavy atom. The molecule has 2 aromatic heterocycles. The van der Waals surface area contributed by atoms with Crippen molar-refractivity contribution in [2.45, 2.75) is 31.4 Å². The number of hydrogen-bond donors (Lipinski definition) is 2. The van der Waals surface area contributed by atoms with E-state index in [9.17, 15) is 4.79 Å². The Hall–Kier alpha value is -3.31. The lowest BCUT2D eigenvalue weighted by atomic mass is 10.1. The van der Waals surface area contributed by atoms with Crippen LogP contribution < -0.4 is 15.8 Å². The lowest BCUT2D eigenvalue weighted by molar-refractivity contribution is -0.121. The van der Waals surface area contributed by atoms with Crippen molar-refractivity contribution in [2.24, 2.45) is 11.7 Å². The van der Waals surface area contributed by atoms with Crippen molar-refractivity contribution in [2.75, 3.05) is 32.8 Å². The first-order valence-electron chi connectivity index (χ1n) is 10.5. The predicted molar refractivity (Wildman–Crippen MR) is 117 cm³/mol. The maximum Gasteiger partial charge on any atom is 0.225 e. The topological polar surface area (TPSA) is 139 Å². The monoisotopic (exact) mass is 441 g/mol. The van der Waals surface area contributed by atoms with E-state index in [0.29, 0.717) is 42.5 Å². The molecule has 1 aliphatic rings. The fourth-order valence-electron chi connectivity index (χ4n) is 3.87. The van der Waals surface area contributed by atoms with Crippen LogP contribution >= 0.6 is 0 Å². The Kier molecular flexibility index (Phi) is 6.76. The van der Waals surface area contributed by atoms with Gasteiger partial charge in [0.25, 0.3) is 0 Å². The number of carbonyl (C=O) groups excluding carboxylic acids is 1. The van der Waals surface area contributed by atoms with Crippen molar-refractivity contribution in [3.8, 4) is 11.4 Å². The van der Waals surface area contributed by atoms with Crippen LogP contribution in [0.15, 0.2) is 30.5 Å². The van der Waals surface area contributed by atoms with Gasteiger partial charge in [-0.3, -0.25) is 4.79 Å². The molecule has 0 aliphatic heterocycles. The van der Waals surface area contributed by atoms with E-state index in [4.69, 9.17) is 19.9 Å². The van der Waals surface area contributed by atoms with Crippen molar-refractivity contribution in [3.63, 3.8) is 0 Å². The zero-order chi connectivity index (χ0) is 22.5. The van der Waals surface area contributed by atoms with E-state index < -0.39 is 0 Å². The van der Waals surface area contributed by atoms with Gasteiger partial charge in [-0.1, -0.05) is 5.21 Å². The van der Waals surface area contributed by atoms with Crippen LogP contribution in [-0.2, 0) is 14.3 Å². The number of methoxy groups -OCH3 is 2. The maximum absolute atomic E-state index is 11.4. The van der Waals surface area contributed by atoms with Crippen LogP contribution in [0.2, 0.25) is 0 Å². The van der Waals surface area contributed by atoms with Gasteiger partial charge in [-0.15, -0.1) is 5.10 Å². The average Bonchev–Trinajstić information content (AvgIpc) is 3.42. The molecule has 11 nitrogen and oxygen atoms in total. The summed E-state index contributed by atoms with van der Waals surface area (Å²) in [6.45, 7) is 0.856. The summed E-state index contributed by atoms with van der Waals surface area (Å²) in [5, 5.41) is 11.7. The van der Waals surface area contributed by atoms with Crippen LogP contribution in [0.5, 0.6) is 5.75 Å². The summed E-state index contributed by atoms with van der Waals surface area (Å²) in [5.74, 6) is 0.810. The molecule has 0 bridgehead atoms. The largest absolute Gasteiger partial charge is 0.486 e. The molecular formula is C21H27N7O4. The van der Waals surface area contributed by atoms with Crippen molar-refractivity contribution in [3.05, 3.63) is 30.5 Å². The molecule has 0 radical (unpaired) electrons. The number of ether oxygens (including phenoxy) is 3. The molecule has 1 aliphatic carbocycles.